The predicted molar refractivity (Wildman–Crippen MR) is 47.1 cm³/mol. The summed E-state index contributed by atoms with van der Waals surface area (Å²) < 4.78 is 0. The molecule has 5 heteroatoms. The van der Waals surface area contributed by atoms with Gasteiger partial charge in [0.2, 0.25) is 0 Å². The molecule has 4 nitrogen and oxygen atoms in total. The summed E-state index contributed by atoms with van der Waals surface area (Å²) in [6.07, 6.45) is 2.86. The van der Waals surface area contributed by atoms with Crippen molar-refractivity contribution in [3.8, 4) is 6.19 Å². The molecule has 13 heavy (non-hydrogen) atoms. The van der Waals surface area contributed by atoms with Crippen molar-refractivity contribution < 1.29 is 4.79 Å². The quantitative estimate of drug-likeness (QED) is 0.542. The number of amides is 1. The van der Waals surface area contributed by atoms with Gasteiger partial charge >= 0.3 is 0 Å². The summed E-state index contributed by atoms with van der Waals surface area (Å²) in [5.74, 6) is -0.542. The van der Waals surface area contributed by atoms with Gasteiger partial charge in [-0.2, -0.15) is 5.26 Å². The minimum Gasteiger partial charge on any atom is -0.268 e. The first-order valence-electron chi connectivity index (χ1n) is 3.46. The van der Waals surface area contributed by atoms with Crippen LogP contribution in [0.25, 0.3) is 0 Å². The first kappa shape index (κ1) is 9.49. The molecule has 0 fully saturated rings. The van der Waals surface area contributed by atoms with Gasteiger partial charge in [-0.15, -0.1) is 0 Å². The molecule has 0 radical (unpaired) electrons. The maximum atomic E-state index is 11.1. The second-order valence-electron chi connectivity index (χ2n) is 2.37. The molecule has 0 atom stereocenters. The molecule has 0 aliphatic heterocycles. The van der Waals surface area contributed by atoms with Crippen molar-refractivity contribution in [3.05, 3.63) is 28.5 Å². The van der Waals surface area contributed by atoms with Gasteiger partial charge in [-0.05, 0) is 13.0 Å². The van der Waals surface area contributed by atoms with Crippen LogP contribution in [-0.4, -0.2) is 10.9 Å². The zero-order chi connectivity index (χ0) is 9.84. The molecule has 1 amide bonds. The summed E-state index contributed by atoms with van der Waals surface area (Å²) in [6.45, 7) is 1.76. The van der Waals surface area contributed by atoms with E-state index in [0.717, 1.165) is 5.69 Å². The maximum absolute atomic E-state index is 11.1. The normalized spacial score (nSPS) is 9.00. The summed E-state index contributed by atoms with van der Waals surface area (Å²) in [4.78, 5) is 15.0. The van der Waals surface area contributed by atoms with E-state index in [1.54, 1.807) is 13.0 Å². The van der Waals surface area contributed by atoms with Crippen LogP contribution in [0.5, 0.6) is 0 Å². The third-order valence-corrected chi connectivity index (χ3v) is 1.72. The number of carbonyl (C=O) groups is 1. The third kappa shape index (κ3) is 2.17. The van der Waals surface area contributed by atoms with Gasteiger partial charge in [-0.1, -0.05) is 11.6 Å². The number of aryl methyl sites for hydroxylation is 1. The van der Waals surface area contributed by atoms with Crippen LogP contribution in [0.4, 0.5) is 0 Å². The van der Waals surface area contributed by atoms with Crippen molar-refractivity contribution in [1.29, 1.82) is 5.26 Å². The average molecular weight is 196 g/mol. The molecule has 0 aliphatic carbocycles. The van der Waals surface area contributed by atoms with Crippen LogP contribution < -0.4 is 5.32 Å². The lowest BCUT2D eigenvalue weighted by Gasteiger charge is -2.00. The molecule has 0 spiro atoms. The standard InChI is InChI=1S/C8H6ClN3O/c1-5-2-7(9)6(3-11-5)8(13)12-4-10/h2-3H,1H3,(H,12,13). The number of nitrogens with one attached hydrogen (secondary N) is 1. The average Bonchev–Trinajstić information content (AvgIpc) is 2.04. The fourth-order valence-corrected chi connectivity index (χ4v) is 1.10. The summed E-state index contributed by atoms with van der Waals surface area (Å²) in [6, 6.07) is 1.56. The zero-order valence-corrected chi connectivity index (χ0v) is 7.59. The fourth-order valence-electron chi connectivity index (χ4n) is 0.812. The van der Waals surface area contributed by atoms with Crippen molar-refractivity contribution in [2.45, 2.75) is 6.92 Å². The molecule has 66 valence electrons. The topological polar surface area (TPSA) is 65.8 Å². The van der Waals surface area contributed by atoms with E-state index in [0.29, 0.717) is 5.02 Å². The lowest BCUT2D eigenvalue weighted by molar-refractivity contribution is 0.0972. The molecule has 0 aliphatic rings. The van der Waals surface area contributed by atoms with Crippen LogP contribution in [-0.2, 0) is 0 Å². The Morgan fingerprint density at radius 1 is 1.77 bits per heavy atom. The zero-order valence-electron chi connectivity index (χ0n) is 6.84. The number of pyridine rings is 1. The number of carbonyl (C=O) groups excluding carboxylic acids is 1. The Morgan fingerprint density at radius 2 is 2.46 bits per heavy atom. The van der Waals surface area contributed by atoms with E-state index in [-0.39, 0.29) is 5.56 Å². The molecule has 1 rings (SSSR count). The Balaban J connectivity index is 3.03. The Hall–Kier alpha value is -1.60. The van der Waals surface area contributed by atoms with Crippen molar-refractivity contribution in [3.63, 3.8) is 0 Å². The van der Waals surface area contributed by atoms with Gasteiger partial charge in [0, 0.05) is 11.9 Å². The molecule has 1 heterocycles. The van der Waals surface area contributed by atoms with E-state index in [1.165, 1.54) is 12.4 Å². The molecular weight excluding hydrogens is 190 g/mol. The SMILES string of the molecule is Cc1cc(Cl)c(C(=O)NC#N)cn1. The Labute approximate surface area is 80.2 Å². The van der Waals surface area contributed by atoms with Gasteiger partial charge in [-0.25, -0.2) is 0 Å². The van der Waals surface area contributed by atoms with Gasteiger partial charge < -0.3 is 0 Å². The van der Waals surface area contributed by atoms with Crippen LogP contribution in [0.2, 0.25) is 5.02 Å². The van der Waals surface area contributed by atoms with E-state index in [4.69, 9.17) is 16.9 Å². The number of nitriles is 1. The lowest BCUT2D eigenvalue weighted by atomic mass is 10.2. The second-order valence-corrected chi connectivity index (χ2v) is 2.78. The number of rotatable bonds is 1. The van der Waals surface area contributed by atoms with Crippen molar-refractivity contribution >= 4 is 17.5 Å². The summed E-state index contributed by atoms with van der Waals surface area (Å²) in [5.41, 5.74) is 0.923. The maximum Gasteiger partial charge on any atom is 0.267 e. The number of hydrogen-bond donors (Lipinski definition) is 1. The Bertz CT molecular complexity index is 383. The largest absolute Gasteiger partial charge is 0.268 e. The fraction of sp³-hybridized carbons (Fsp3) is 0.125. The molecule has 0 aromatic carbocycles. The summed E-state index contributed by atoms with van der Waals surface area (Å²) in [5, 5.41) is 10.5. The highest BCUT2D eigenvalue weighted by Gasteiger charge is 2.09. The van der Waals surface area contributed by atoms with Crippen LogP contribution in [0.15, 0.2) is 12.3 Å². The highest BCUT2D eigenvalue weighted by molar-refractivity contribution is 6.33. The van der Waals surface area contributed by atoms with Crippen molar-refractivity contribution in [2.75, 3.05) is 0 Å². The highest BCUT2D eigenvalue weighted by atomic mass is 35.5. The van der Waals surface area contributed by atoms with Gasteiger partial charge in [0.25, 0.3) is 5.91 Å². The number of halogens is 1. The number of hydrogen-bond acceptors (Lipinski definition) is 3. The number of aromatic nitrogens is 1. The summed E-state index contributed by atoms with van der Waals surface area (Å²) in [7, 11) is 0. The molecular formula is C8H6ClN3O. The van der Waals surface area contributed by atoms with Crippen LogP contribution in [0.3, 0.4) is 0 Å². The van der Waals surface area contributed by atoms with Gasteiger partial charge in [0.05, 0.1) is 10.6 Å². The van der Waals surface area contributed by atoms with Crippen molar-refractivity contribution in [2.24, 2.45) is 0 Å². The van der Waals surface area contributed by atoms with E-state index in [1.807, 2.05) is 5.32 Å². The molecule has 0 saturated heterocycles. The molecule has 1 aromatic rings. The molecule has 1 aromatic heterocycles. The van der Waals surface area contributed by atoms with E-state index in [2.05, 4.69) is 4.98 Å². The predicted octanol–water partition coefficient (Wildman–Crippen LogP) is 1.25. The first-order valence-corrected chi connectivity index (χ1v) is 3.84. The smallest absolute Gasteiger partial charge is 0.267 e. The van der Waals surface area contributed by atoms with E-state index >= 15 is 0 Å². The third-order valence-electron chi connectivity index (χ3n) is 1.40. The lowest BCUT2D eigenvalue weighted by Crippen LogP contribution is -2.18. The van der Waals surface area contributed by atoms with Gasteiger partial charge in [0.15, 0.2) is 6.19 Å². The number of nitrogens with zero attached hydrogens (tertiary/aromatic N) is 2. The Kier molecular flexibility index (Phi) is 2.83. The Morgan fingerprint density at radius 3 is 3.00 bits per heavy atom. The van der Waals surface area contributed by atoms with Crippen LogP contribution >= 0.6 is 11.6 Å². The second kappa shape index (κ2) is 3.87. The van der Waals surface area contributed by atoms with Crippen LogP contribution in [0.1, 0.15) is 16.1 Å². The van der Waals surface area contributed by atoms with Crippen molar-refractivity contribution in [1.82, 2.24) is 10.3 Å². The van der Waals surface area contributed by atoms with Gasteiger partial charge in [0.1, 0.15) is 0 Å². The van der Waals surface area contributed by atoms with Gasteiger partial charge in [-0.3, -0.25) is 15.1 Å². The monoisotopic (exact) mass is 195 g/mol. The first-order chi connectivity index (χ1) is 6.15. The molecule has 0 saturated carbocycles. The van der Waals surface area contributed by atoms with E-state index in [9.17, 15) is 4.79 Å². The highest BCUT2D eigenvalue weighted by Crippen LogP contribution is 2.14. The molecule has 1 N–H and O–H groups in total. The van der Waals surface area contributed by atoms with E-state index < -0.39 is 5.91 Å². The minimum atomic E-state index is -0.542. The molecule has 0 unspecified atom stereocenters. The summed E-state index contributed by atoms with van der Waals surface area (Å²) >= 11 is 5.75. The minimum absolute atomic E-state index is 0.203. The molecule has 0 bridgehead atoms. The van der Waals surface area contributed by atoms with Crippen LogP contribution in [0, 0.1) is 18.4 Å².